The van der Waals surface area contributed by atoms with E-state index < -0.39 is 46.7 Å². The number of carbonyl (C=O) groups is 1. The summed E-state index contributed by atoms with van der Waals surface area (Å²) in [5, 5.41) is 9.88. The van der Waals surface area contributed by atoms with E-state index in [1.807, 2.05) is 5.32 Å². The van der Waals surface area contributed by atoms with Crippen LogP contribution in [0.5, 0.6) is 0 Å². The number of nitrogens with one attached hydrogen (secondary N) is 1. The first kappa shape index (κ1) is 22.1. The second kappa shape index (κ2) is 7.89. The third-order valence-corrected chi connectivity index (χ3v) is 4.15. The predicted molar refractivity (Wildman–Crippen MR) is 95.4 cm³/mol. The topological polar surface area (TPSA) is 81.8 Å². The smallest absolute Gasteiger partial charge is 0.324 e. The standard InChI is InChI=1S/C18H13F6N5O2/c1-10(29-15(30)4-3-14(27-29)28-6-2-5-25-28)16(31)26-13-8-11(17(19,20)21)7-12(9-13)18(22,23)24/h2-10H,1H3,(H,26,31). The van der Waals surface area contributed by atoms with Crippen LogP contribution in [0.3, 0.4) is 0 Å². The van der Waals surface area contributed by atoms with Crippen molar-refractivity contribution in [1.29, 1.82) is 0 Å². The van der Waals surface area contributed by atoms with E-state index in [4.69, 9.17) is 0 Å². The van der Waals surface area contributed by atoms with Crippen molar-refractivity contribution in [1.82, 2.24) is 19.6 Å². The number of halogens is 6. The molecule has 0 saturated carbocycles. The van der Waals surface area contributed by atoms with Gasteiger partial charge in [-0.1, -0.05) is 0 Å². The van der Waals surface area contributed by atoms with Gasteiger partial charge in [-0.25, -0.2) is 9.36 Å². The Morgan fingerprint density at radius 2 is 1.65 bits per heavy atom. The lowest BCUT2D eigenvalue weighted by Gasteiger charge is -2.17. The number of rotatable bonds is 4. The summed E-state index contributed by atoms with van der Waals surface area (Å²) in [6.07, 6.45) is -7.17. The van der Waals surface area contributed by atoms with Gasteiger partial charge in [0.15, 0.2) is 5.82 Å². The molecule has 1 atom stereocenters. The van der Waals surface area contributed by atoms with Crippen molar-refractivity contribution in [3.63, 3.8) is 0 Å². The van der Waals surface area contributed by atoms with E-state index in [9.17, 15) is 35.9 Å². The molecule has 0 bridgehead atoms. The molecule has 0 fully saturated rings. The second-order valence-corrected chi connectivity index (χ2v) is 6.38. The normalized spacial score (nSPS) is 13.1. The maximum atomic E-state index is 13.0. The fourth-order valence-corrected chi connectivity index (χ4v) is 2.60. The van der Waals surface area contributed by atoms with Crippen LogP contribution >= 0.6 is 0 Å². The molecule has 1 aromatic carbocycles. The van der Waals surface area contributed by atoms with E-state index in [1.165, 1.54) is 30.1 Å². The third kappa shape index (κ3) is 4.92. The molecule has 2 aromatic heterocycles. The van der Waals surface area contributed by atoms with Crippen LogP contribution in [0.2, 0.25) is 0 Å². The Labute approximate surface area is 169 Å². The SMILES string of the molecule is CC(C(=O)Nc1cc(C(F)(F)F)cc(C(F)(F)F)c1)n1nc(-n2cccn2)ccc1=O. The minimum atomic E-state index is -5.07. The Hall–Kier alpha value is -3.64. The number of anilines is 1. The van der Waals surface area contributed by atoms with Gasteiger partial charge < -0.3 is 5.32 Å². The van der Waals surface area contributed by atoms with Crippen molar-refractivity contribution in [3.05, 3.63) is 70.3 Å². The summed E-state index contributed by atoms with van der Waals surface area (Å²) in [7, 11) is 0. The summed E-state index contributed by atoms with van der Waals surface area (Å²) in [6, 6.07) is 3.34. The number of aromatic nitrogens is 4. The molecule has 3 rings (SSSR count). The Kier molecular flexibility index (Phi) is 5.61. The van der Waals surface area contributed by atoms with Crippen LogP contribution in [0.1, 0.15) is 24.1 Å². The Morgan fingerprint density at radius 3 is 2.16 bits per heavy atom. The lowest BCUT2D eigenvalue weighted by Crippen LogP contribution is -2.33. The van der Waals surface area contributed by atoms with Gasteiger partial charge in [0, 0.05) is 24.1 Å². The number of benzene rings is 1. The van der Waals surface area contributed by atoms with Gasteiger partial charge >= 0.3 is 12.4 Å². The van der Waals surface area contributed by atoms with Gasteiger partial charge in [-0.3, -0.25) is 9.59 Å². The quantitative estimate of drug-likeness (QED) is 0.622. The van der Waals surface area contributed by atoms with Gasteiger partial charge in [0.25, 0.3) is 5.56 Å². The van der Waals surface area contributed by atoms with E-state index >= 15 is 0 Å². The molecule has 164 valence electrons. The fourth-order valence-electron chi connectivity index (χ4n) is 2.60. The molecular formula is C18H13F6N5O2. The Balaban J connectivity index is 1.93. The van der Waals surface area contributed by atoms with Gasteiger partial charge in [0.1, 0.15) is 6.04 Å². The highest BCUT2D eigenvalue weighted by molar-refractivity contribution is 5.93. The van der Waals surface area contributed by atoms with Gasteiger partial charge in [-0.15, -0.1) is 5.10 Å². The molecule has 1 unspecified atom stereocenters. The second-order valence-electron chi connectivity index (χ2n) is 6.38. The minimum Gasteiger partial charge on any atom is -0.324 e. The average Bonchev–Trinajstić information content (AvgIpc) is 3.21. The highest BCUT2D eigenvalue weighted by atomic mass is 19.4. The first-order valence-electron chi connectivity index (χ1n) is 8.56. The monoisotopic (exact) mass is 445 g/mol. The highest BCUT2D eigenvalue weighted by Crippen LogP contribution is 2.37. The van der Waals surface area contributed by atoms with Gasteiger partial charge in [-0.05, 0) is 37.3 Å². The number of alkyl halides is 6. The molecule has 0 aliphatic heterocycles. The van der Waals surface area contributed by atoms with Gasteiger partial charge in [0.2, 0.25) is 5.91 Å². The lowest BCUT2D eigenvalue weighted by atomic mass is 10.1. The van der Waals surface area contributed by atoms with Crippen molar-refractivity contribution in [3.8, 4) is 5.82 Å². The first-order chi connectivity index (χ1) is 14.4. The summed E-state index contributed by atoms with van der Waals surface area (Å²) in [6.45, 7) is 1.22. The molecule has 0 aliphatic carbocycles. The summed E-state index contributed by atoms with van der Waals surface area (Å²) >= 11 is 0. The van der Waals surface area contributed by atoms with E-state index in [0.29, 0.717) is 12.1 Å². The van der Waals surface area contributed by atoms with E-state index in [-0.39, 0.29) is 11.9 Å². The van der Waals surface area contributed by atoms with Crippen LogP contribution in [0.15, 0.2) is 53.6 Å². The molecule has 1 amide bonds. The van der Waals surface area contributed by atoms with Crippen molar-refractivity contribution in [2.75, 3.05) is 5.32 Å². The fraction of sp³-hybridized carbons (Fsp3) is 0.222. The molecule has 13 heteroatoms. The number of nitrogens with zero attached hydrogens (tertiary/aromatic N) is 4. The van der Waals surface area contributed by atoms with Crippen molar-refractivity contribution in [2.45, 2.75) is 25.3 Å². The van der Waals surface area contributed by atoms with Gasteiger partial charge in [-0.2, -0.15) is 31.4 Å². The summed E-state index contributed by atoms with van der Waals surface area (Å²) < 4.78 is 79.9. The van der Waals surface area contributed by atoms with Crippen molar-refractivity contribution in [2.24, 2.45) is 0 Å². The molecule has 3 aromatic rings. The summed E-state index contributed by atoms with van der Waals surface area (Å²) in [4.78, 5) is 24.6. The van der Waals surface area contributed by atoms with Crippen LogP contribution < -0.4 is 10.9 Å². The van der Waals surface area contributed by atoms with Gasteiger partial charge in [0.05, 0.1) is 11.1 Å². The zero-order valence-electron chi connectivity index (χ0n) is 15.6. The summed E-state index contributed by atoms with van der Waals surface area (Å²) in [5.74, 6) is -0.873. The lowest BCUT2D eigenvalue weighted by molar-refractivity contribution is -0.143. The van der Waals surface area contributed by atoms with Crippen LogP contribution in [-0.2, 0) is 17.1 Å². The summed E-state index contributed by atoms with van der Waals surface area (Å²) in [5.41, 5.74) is -4.60. The first-order valence-corrected chi connectivity index (χ1v) is 8.56. The van der Waals surface area contributed by atoms with Crippen molar-refractivity contribution < 1.29 is 31.1 Å². The average molecular weight is 445 g/mol. The van der Waals surface area contributed by atoms with Crippen LogP contribution in [0.4, 0.5) is 32.0 Å². The molecular weight excluding hydrogens is 432 g/mol. The van der Waals surface area contributed by atoms with Crippen LogP contribution in [0.25, 0.3) is 5.82 Å². The molecule has 7 nitrogen and oxygen atoms in total. The molecule has 0 radical (unpaired) electrons. The number of amides is 1. The highest BCUT2D eigenvalue weighted by Gasteiger charge is 2.37. The van der Waals surface area contributed by atoms with E-state index in [1.54, 1.807) is 6.07 Å². The third-order valence-electron chi connectivity index (χ3n) is 4.15. The largest absolute Gasteiger partial charge is 0.416 e. The Morgan fingerprint density at radius 1 is 1.03 bits per heavy atom. The van der Waals surface area contributed by atoms with E-state index in [2.05, 4.69) is 10.2 Å². The maximum absolute atomic E-state index is 13.0. The zero-order valence-corrected chi connectivity index (χ0v) is 15.6. The van der Waals surface area contributed by atoms with Crippen LogP contribution in [-0.4, -0.2) is 25.5 Å². The zero-order chi connectivity index (χ0) is 23.0. The van der Waals surface area contributed by atoms with Crippen molar-refractivity contribution >= 4 is 11.6 Å². The van der Waals surface area contributed by atoms with Crippen LogP contribution in [0, 0.1) is 0 Å². The van der Waals surface area contributed by atoms with E-state index in [0.717, 1.165) is 10.7 Å². The molecule has 0 saturated heterocycles. The predicted octanol–water partition coefficient (Wildman–Crippen LogP) is 3.67. The number of carbonyl (C=O) groups excluding carboxylic acids is 1. The molecule has 0 aliphatic rings. The molecule has 2 heterocycles. The molecule has 1 N–H and O–H groups in total. The molecule has 0 spiro atoms. The Bertz CT molecular complexity index is 1120. The number of hydrogen-bond acceptors (Lipinski definition) is 4. The minimum absolute atomic E-state index is 0.0569. The maximum Gasteiger partial charge on any atom is 0.416 e. The number of hydrogen-bond donors (Lipinski definition) is 1. The molecule has 31 heavy (non-hydrogen) atoms.